The standard InChI is InChI=1S/C25H25F4N5O/c1-30-21(35)13-16-4-6-17(7-5-16)14-31-23-22(26)24(33-15-32-23)34-12-2-3-20(34)18-8-10-19(11-9-18)25(27,28)29/h4-11,15,20H,2-3,12-14H2,1H3,(H,30,35)(H,31,32,33)/t20-/m1/s1. The normalized spacial score (nSPS) is 15.8. The molecule has 1 aromatic heterocycles. The van der Waals surface area contributed by atoms with Crippen LogP contribution < -0.4 is 15.5 Å². The predicted octanol–water partition coefficient (Wildman–Crippen LogP) is 4.88. The lowest BCUT2D eigenvalue weighted by Crippen LogP contribution is -2.25. The summed E-state index contributed by atoms with van der Waals surface area (Å²) in [6, 6.07) is 12.1. The molecule has 35 heavy (non-hydrogen) atoms. The van der Waals surface area contributed by atoms with Gasteiger partial charge in [0.25, 0.3) is 0 Å². The Balaban J connectivity index is 1.47. The molecule has 2 aromatic carbocycles. The van der Waals surface area contributed by atoms with Crippen LogP contribution in [0.3, 0.4) is 0 Å². The molecule has 1 aliphatic rings. The number of anilines is 2. The van der Waals surface area contributed by atoms with Crippen molar-refractivity contribution in [1.29, 1.82) is 0 Å². The van der Waals surface area contributed by atoms with E-state index in [1.807, 2.05) is 24.3 Å². The molecule has 0 bridgehead atoms. The summed E-state index contributed by atoms with van der Waals surface area (Å²) in [6.07, 6.45) is -1.41. The van der Waals surface area contributed by atoms with Gasteiger partial charge < -0.3 is 15.5 Å². The van der Waals surface area contributed by atoms with Gasteiger partial charge in [0.2, 0.25) is 11.7 Å². The highest BCUT2D eigenvalue weighted by molar-refractivity contribution is 5.78. The highest BCUT2D eigenvalue weighted by Gasteiger charge is 2.33. The molecule has 4 rings (SSSR count). The second-order valence-electron chi connectivity index (χ2n) is 8.35. The fourth-order valence-corrected chi connectivity index (χ4v) is 4.18. The zero-order chi connectivity index (χ0) is 25.0. The summed E-state index contributed by atoms with van der Waals surface area (Å²) < 4.78 is 54.1. The number of hydrogen-bond acceptors (Lipinski definition) is 5. The van der Waals surface area contributed by atoms with Gasteiger partial charge in [-0.2, -0.15) is 17.6 Å². The number of likely N-dealkylation sites (N-methyl/N-ethyl adjacent to an activating group) is 1. The van der Waals surface area contributed by atoms with Crippen LogP contribution in [0.5, 0.6) is 0 Å². The Morgan fingerprint density at radius 3 is 2.40 bits per heavy atom. The van der Waals surface area contributed by atoms with Crippen LogP contribution in [0.4, 0.5) is 29.2 Å². The minimum absolute atomic E-state index is 0.0440. The molecule has 1 aliphatic heterocycles. The number of alkyl halides is 3. The fraction of sp³-hybridized carbons (Fsp3) is 0.320. The predicted molar refractivity (Wildman–Crippen MR) is 124 cm³/mol. The Kier molecular flexibility index (Phi) is 7.18. The number of carbonyl (C=O) groups is 1. The number of benzene rings is 2. The SMILES string of the molecule is CNC(=O)Cc1ccc(CNc2ncnc(N3CCC[C@@H]3c3ccc(C(F)(F)F)cc3)c2F)cc1. The molecular weight excluding hydrogens is 462 g/mol. The van der Waals surface area contributed by atoms with Gasteiger partial charge in [0, 0.05) is 20.1 Å². The van der Waals surface area contributed by atoms with Gasteiger partial charge in [-0.15, -0.1) is 0 Å². The number of amides is 1. The van der Waals surface area contributed by atoms with E-state index >= 15 is 4.39 Å². The Hall–Kier alpha value is -3.69. The third-order valence-electron chi connectivity index (χ3n) is 6.05. The number of aromatic nitrogens is 2. The fourth-order valence-electron chi connectivity index (χ4n) is 4.18. The van der Waals surface area contributed by atoms with Crippen LogP contribution in [0.15, 0.2) is 54.9 Å². The number of carbonyl (C=O) groups excluding carboxylic acids is 1. The average Bonchev–Trinajstić information content (AvgIpc) is 3.33. The van der Waals surface area contributed by atoms with E-state index < -0.39 is 17.6 Å². The molecule has 184 valence electrons. The highest BCUT2D eigenvalue weighted by atomic mass is 19.4. The molecule has 0 saturated carbocycles. The maximum absolute atomic E-state index is 15.4. The summed E-state index contributed by atoms with van der Waals surface area (Å²) in [5, 5.41) is 5.56. The maximum atomic E-state index is 15.4. The minimum atomic E-state index is -4.41. The molecule has 0 unspecified atom stereocenters. The van der Waals surface area contributed by atoms with Crippen molar-refractivity contribution in [3.63, 3.8) is 0 Å². The molecule has 3 aromatic rings. The largest absolute Gasteiger partial charge is 0.416 e. The summed E-state index contributed by atoms with van der Waals surface area (Å²) in [4.78, 5) is 21.4. The van der Waals surface area contributed by atoms with E-state index in [0.717, 1.165) is 29.7 Å². The van der Waals surface area contributed by atoms with Gasteiger partial charge in [-0.3, -0.25) is 4.79 Å². The van der Waals surface area contributed by atoms with Crippen LogP contribution in [0.1, 0.15) is 41.1 Å². The van der Waals surface area contributed by atoms with Crippen LogP contribution in [-0.4, -0.2) is 29.5 Å². The van der Waals surface area contributed by atoms with E-state index in [0.29, 0.717) is 25.1 Å². The number of nitrogens with zero attached hydrogens (tertiary/aromatic N) is 3. The van der Waals surface area contributed by atoms with Gasteiger partial charge in [-0.05, 0) is 41.7 Å². The first kappa shape index (κ1) is 24.4. The molecule has 1 saturated heterocycles. The molecule has 10 heteroatoms. The third-order valence-corrected chi connectivity index (χ3v) is 6.05. The van der Waals surface area contributed by atoms with Gasteiger partial charge in [-0.1, -0.05) is 36.4 Å². The average molecular weight is 488 g/mol. The zero-order valence-electron chi connectivity index (χ0n) is 19.1. The molecule has 0 spiro atoms. The molecule has 1 fully saturated rings. The molecule has 0 aliphatic carbocycles. The Labute approximate surface area is 200 Å². The van der Waals surface area contributed by atoms with Crippen LogP contribution in [0, 0.1) is 5.82 Å². The van der Waals surface area contributed by atoms with Crippen molar-refractivity contribution < 1.29 is 22.4 Å². The Morgan fingerprint density at radius 2 is 1.74 bits per heavy atom. The molecule has 0 radical (unpaired) electrons. The summed E-state index contributed by atoms with van der Waals surface area (Å²) >= 11 is 0. The van der Waals surface area contributed by atoms with Gasteiger partial charge in [-0.25, -0.2) is 9.97 Å². The smallest absolute Gasteiger partial charge is 0.363 e. The first-order chi connectivity index (χ1) is 16.8. The summed E-state index contributed by atoms with van der Waals surface area (Å²) in [5.41, 5.74) is 1.72. The topological polar surface area (TPSA) is 70.1 Å². The Bertz CT molecular complexity index is 1170. The van der Waals surface area contributed by atoms with Gasteiger partial charge in [0.15, 0.2) is 11.6 Å². The summed E-state index contributed by atoms with van der Waals surface area (Å²) in [7, 11) is 1.58. The van der Waals surface area contributed by atoms with Gasteiger partial charge >= 0.3 is 6.18 Å². The van der Waals surface area contributed by atoms with Crippen molar-refractivity contribution in [2.45, 2.75) is 38.0 Å². The number of hydrogen-bond donors (Lipinski definition) is 2. The molecule has 2 N–H and O–H groups in total. The van der Waals surface area contributed by atoms with E-state index in [2.05, 4.69) is 20.6 Å². The lowest BCUT2D eigenvalue weighted by Gasteiger charge is -2.27. The van der Waals surface area contributed by atoms with E-state index in [1.165, 1.54) is 18.5 Å². The van der Waals surface area contributed by atoms with Crippen LogP contribution in [0.2, 0.25) is 0 Å². The van der Waals surface area contributed by atoms with Crippen LogP contribution in [0.25, 0.3) is 0 Å². The summed E-state index contributed by atoms with van der Waals surface area (Å²) in [5.74, 6) is -0.529. The number of rotatable bonds is 7. The first-order valence-corrected chi connectivity index (χ1v) is 11.2. The maximum Gasteiger partial charge on any atom is 0.416 e. The van der Waals surface area contributed by atoms with Crippen LogP contribution >= 0.6 is 0 Å². The number of halogens is 4. The van der Waals surface area contributed by atoms with Crippen molar-refractivity contribution in [2.24, 2.45) is 0 Å². The lowest BCUT2D eigenvalue weighted by atomic mass is 10.0. The van der Waals surface area contributed by atoms with E-state index in [9.17, 15) is 18.0 Å². The van der Waals surface area contributed by atoms with Crippen molar-refractivity contribution in [3.8, 4) is 0 Å². The Morgan fingerprint density at radius 1 is 1.06 bits per heavy atom. The molecule has 1 atom stereocenters. The van der Waals surface area contributed by atoms with Crippen LogP contribution in [-0.2, 0) is 23.9 Å². The molecule has 6 nitrogen and oxygen atoms in total. The second-order valence-corrected chi connectivity index (χ2v) is 8.35. The second kappa shape index (κ2) is 10.3. The third kappa shape index (κ3) is 5.70. The van der Waals surface area contributed by atoms with E-state index in [1.54, 1.807) is 11.9 Å². The van der Waals surface area contributed by atoms with Crippen molar-refractivity contribution in [3.05, 3.63) is 82.9 Å². The van der Waals surface area contributed by atoms with E-state index in [4.69, 9.17) is 0 Å². The number of nitrogens with one attached hydrogen (secondary N) is 2. The van der Waals surface area contributed by atoms with Crippen molar-refractivity contribution in [2.75, 3.05) is 23.8 Å². The quantitative estimate of drug-likeness (QED) is 0.465. The van der Waals surface area contributed by atoms with Gasteiger partial charge in [0.05, 0.1) is 18.0 Å². The monoisotopic (exact) mass is 487 g/mol. The van der Waals surface area contributed by atoms with E-state index in [-0.39, 0.29) is 30.0 Å². The highest BCUT2D eigenvalue weighted by Crippen LogP contribution is 2.38. The molecular formula is C25H25F4N5O. The molecule has 1 amide bonds. The first-order valence-electron chi connectivity index (χ1n) is 11.2. The van der Waals surface area contributed by atoms with Crippen molar-refractivity contribution >= 4 is 17.5 Å². The minimum Gasteiger partial charge on any atom is -0.363 e. The zero-order valence-corrected chi connectivity index (χ0v) is 19.1. The van der Waals surface area contributed by atoms with Gasteiger partial charge in [0.1, 0.15) is 6.33 Å². The van der Waals surface area contributed by atoms with Crippen molar-refractivity contribution in [1.82, 2.24) is 15.3 Å². The lowest BCUT2D eigenvalue weighted by molar-refractivity contribution is -0.137. The summed E-state index contributed by atoms with van der Waals surface area (Å²) in [6.45, 7) is 0.849. The molecule has 2 heterocycles.